The van der Waals surface area contributed by atoms with E-state index in [1.54, 1.807) is 18.2 Å². The van der Waals surface area contributed by atoms with Crippen molar-refractivity contribution in [3.05, 3.63) is 83.4 Å². The van der Waals surface area contributed by atoms with Crippen molar-refractivity contribution < 1.29 is 28.5 Å². The summed E-state index contributed by atoms with van der Waals surface area (Å²) in [5, 5.41) is 0. The molecule has 0 saturated carbocycles. The number of unbranched alkanes of at least 4 members (excludes halogenated alkanes) is 18. The van der Waals surface area contributed by atoms with E-state index < -0.39 is 5.97 Å². The molecule has 0 saturated heterocycles. The van der Waals surface area contributed by atoms with Gasteiger partial charge in [-0.15, -0.1) is 0 Å². The average molecular weight is 717 g/mol. The fraction of sp³-hybridized carbons (Fsp3) is 0.587. The second-order valence-electron chi connectivity index (χ2n) is 14.1. The Hall–Kier alpha value is -3.67. The fourth-order valence-electron chi connectivity index (χ4n) is 6.23. The number of carbonyl (C=O) groups is 1. The third-order valence-electron chi connectivity index (χ3n) is 9.53. The predicted molar refractivity (Wildman–Crippen MR) is 214 cm³/mol. The van der Waals surface area contributed by atoms with E-state index in [4.69, 9.17) is 23.7 Å². The number of methoxy groups -OCH3 is 1. The van der Waals surface area contributed by atoms with Gasteiger partial charge in [-0.25, -0.2) is 4.79 Å². The number of rotatable bonds is 31. The van der Waals surface area contributed by atoms with Crippen molar-refractivity contribution in [1.82, 2.24) is 0 Å². The molecule has 0 atom stereocenters. The molecule has 288 valence electrons. The SMILES string of the molecule is CCCCCCCCCCCCOc1ccc(COc2ccc(C(=O)OC)cc2OCc2ccc(OCCCCCCCCCCCC)cc2)cc1. The molecule has 3 rings (SSSR count). The molecule has 0 bridgehead atoms. The fourth-order valence-corrected chi connectivity index (χ4v) is 6.23. The molecule has 0 spiro atoms. The van der Waals surface area contributed by atoms with Gasteiger partial charge in [0.05, 0.1) is 25.9 Å². The molecule has 0 heterocycles. The second kappa shape index (κ2) is 27.9. The van der Waals surface area contributed by atoms with E-state index in [0.717, 1.165) is 48.7 Å². The molecule has 0 unspecified atom stereocenters. The van der Waals surface area contributed by atoms with Crippen LogP contribution in [0, 0.1) is 0 Å². The molecule has 0 N–H and O–H groups in total. The third kappa shape index (κ3) is 18.7. The highest BCUT2D eigenvalue weighted by Crippen LogP contribution is 2.31. The summed E-state index contributed by atoms with van der Waals surface area (Å²) in [5.74, 6) is 2.37. The van der Waals surface area contributed by atoms with Crippen LogP contribution in [0.2, 0.25) is 0 Å². The minimum atomic E-state index is -0.422. The molecule has 0 aliphatic rings. The van der Waals surface area contributed by atoms with Gasteiger partial charge in [0, 0.05) is 0 Å². The standard InChI is InChI=1S/C46H68O6/c1-4-6-8-10-12-14-16-18-20-22-34-49-42-29-24-39(25-30-42)37-51-44-33-28-41(46(47)48-3)36-45(44)52-38-40-26-31-43(32-27-40)50-35-23-21-19-17-15-13-11-9-7-5-2/h24-33,36H,4-23,34-35,37-38H2,1-3H3. The smallest absolute Gasteiger partial charge is 0.337 e. The molecular formula is C46H68O6. The zero-order valence-electron chi connectivity index (χ0n) is 32.8. The van der Waals surface area contributed by atoms with Gasteiger partial charge in [-0.2, -0.15) is 0 Å². The van der Waals surface area contributed by atoms with Crippen LogP contribution in [0.15, 0.2) is 66.7 Å². The van der Waals surface area contributed by atoms with Gasteiger partial charge in [-0.05, 0) is 66.4 Å². The number of esters is 1. The minimum absolute atomic E-state index is 0.324. The van der Waals surface area contributed by atoms with Crippen LogP contribution in [0.5, 0.6) is 23.0 Å². The van der Waals surface area contributed by atoms with Crippen LogP contribution in [0.3, 0.4) is 0 Å². The first-order chi connectivity index (χ1) is 25.6. The van der Waals surface area contributed by atoms with Gasteiger partial charge in [0.15, 0.2) is 11.5 Å². The first-order valence-corrected chi connectivity index (χ1v) is 20.5. The highest BCUT2D eigenvalue weighted by Gasteiger charge is 2.13. The van der Waals surface area contributed by atoms with Crippen molar-refractivity contribution in [3.8, 4) is 23.0 Å². The van der Waals surface area contributed by atoms with Crippen molar-refractivity contribution in [3.63, 3.8) is 0 Å². The van der Waals surface area contributed by atoms with E-state index in [9.17, 15) is 4.79 Å². The molecule has 0 aliphatic carbocycles. The lowest BCUT2D eigenvalue weighted by Crippen LogP contribution is -2.05. The summed E-state index contributed by atoms with van der Waals surface area (Å²) < 4.78 is 29.3. The predicted octanol–water partition coefficient (Wildman–Crippen LogP) is 13.2. The van der Waals surface area contributed by atoms with E-state index in [1.165, 1.54) is 123 Å². The van der Waals surface area contributed by atoms with Gasteiger partial charge in [-0.3, -0.25) is 0 Å². The monoisotopic (exact) mass is 717 g/mol. The third-order valence-corrected chi connectivity index (χ3v) is 9.53. The number of hydrogen-bond donors (Lipinski definition) is 0. The normalized spacial score (nSPS) is 11.0. The van der Waals surface area contributed by atoms with E-state index in [-0.39, 0.29) is 0 Å². The van der Waals surface area contributed by atoms with Gasteiger partial charge >= 0.3 is 5.97 Å². The average Bonchev–Trinajstić information content (AvgIpc) is 3.18. The molecular weight excluding hydrogens is 648 g/mol. The van der Waals surface area contributed by atoms with Gasteiger partial charge in [0.2, 0.25) is 0 Å². The topological polar surface area (TPSA) is 63.2 Å². The van der Waals surface area contributed by atoms with Gasteiger partial charge in [0.25, 0.3) is 0 Å². The number of hydrogen-bond acceptors (Lipinski definition) is 6. The van der Waals surface area contributed by atoms with Crippen LogP contribution in [-0.2, 0) is 18.0 Å². The molecule has 0 radical (unpaired) electrons. The summed E-state index contributed by atoms with van der Waals surface area (Å²) in [7, 11) is 1.37. The lowest BCUT2D eigenvalue weighted by atomic mass is 10.1. The van der Waals surface area contributed by atoms with E-state index in [1.807, 2.05) is 48.5 Å². The number of carbonyl (C=O) groups excluding carboxylic acids is 1. The maximum atomic E-state index is 12.3. The number of benzene rings is 3. The molecule has 6 heteroatoms. The summed E-state index contributed by atoms with van der Waals surface area (Å²) in [6.07, 6.45) is 26.3. The van der Waals surface area contributed by atoms with Gasteiger partial charge in [0.1, 0.15) is 24.7 Å². The zero-order valence-corrected chi connectivity index (χ0v) is 32.8. The van der Waals surface area contributed by atoms with Gasteiger partial charge < -0.3 is 23.7 Å². The molecule has 0 fully saturated rings. The Balaban J connectivity index is 1.37. The van der Waals surface area contributed by atoms with Crippen LogP contribution in [0.25, 0.3) is 0 Å². The summed E-state index contributed by atoms with van der Waals surface area (Å²) in [5.41, 5.74) is 2.42. The van der Waals surface area contributed by atoms with Crippen LogP contribution < -0.4 is 18.9 Å². The van der Waals surface area contributed by atoms with Crippen molar-refractivity contribution in [2.24, 2.45) is 0 Å². The molecule has 52 heavy (non-hydrogen) atoms. The highest BCUT2D eigenvalue weighted by molar-refractivity contribution is 5.90. The summed E-state index contributed by atoms with van der Waals surface area (Å²) >= 11 is 0. The van der Waals surface area contributed by atoms with Crippen molar-refractivity contribution in [1.29, 1.82) is 0 Å². The molecule has 0 aliphatic heterocycles. The quantitative estimate of drug-likeness (QED) is 0.0488. The van der Waals surface area contributed by atoms with Gasteiger partial charge in [-0.1, -0.05) is 154 Å². The zero-order chi connectivity index (χ0) is 36.9. The van der Waals surface area contributed by atoms with Crippen molar-refractivity contribution in [2.75, 3.05) is 20.3 Å². The largest absolute Gasteiger partial charge is 0.494 e. The van der Waals surface area contributed by atoms with E-state index in [2.05, 4.69) is 13.8 Å². The summed E-state index contributed by atoms with van der Waals surface area (Å²) in [4.78, 5) is 12.3. The first-order valence-electron chi connectivity index (χ1n) is 20.5. The van der Waals surface area contributed by atoms with Crippen molar-refractivity contribution in [2.45, 2.75) is 155 Å². The lowest BCUT2D eigenvalue weighted by molar-refractivity contribution is 0.0600. The Bertz CT molecular complexity index is 1320. The van der Waals surface area contributed by atoms with Crippen LogP contribution in [-0.4, -0.2) is 26.3 Å². The Morgan fingerprint density at radius 3 is 1.23 bits per heavy atom. The maximum absolute atomic E-state index is 12.3. The molecule has 0 aromatic heterocycles. The first kappa shape index (κ1) is 42.7. The van der Waals surface area contributed by atoms with Crippen molar-refractivity contribution >= 4 is 5.97 Å². The summed E-state index contributed by atoms with van der Waals surface area (Å²) in [6, 6.07) is 21.2. The molecule has 3 aromatic carbocycles. The Kier molecular flexibility index (Phi) is 22.9. The van der Waals surface area contributed by atoms with Crippen LogP contribution in [0.1, 0.15) is 164 Å². The van der Waals surface area contributed by atoms with Crippen LogP contribution >= 0.6 is 0 Å². The minimum Gasteiger partial charge on any atom is -0.494 e. The van der Waals surface area contributed by atoms with E-state index in [0.29, 0.717) is 30.3 Å². The summed E-state index contributed by atoms with van der Waals surface area (Å²) in [6.45, 7) is 6.70. The molecule has 0 amide bonds. The van der Waals surface area contributed by atoms with Crippen LogP contribution in [0.4, 0.5) is 0 Å². The Morgan fingerprint density at radius 2 is 0.827 bits per heavy atom. The number of ether oxygens (including phenoxy) is 5. The molecule has 3 aromatic rings. The molecule has 6 nitrogen and oxygen atoms in total. The Labute approximate surface area is 315 Å². The lowest BCUT2D eigenvalue weighted by Gasteiger charge is -2.15. The highest BCUT2D eigenvalue weighted by atomic mass is 16.5. The Morgan fingerprint density at radius 1 is 0.442 bits per heavy atom. The maximum Gasteiger partial charge on any atom is 0.337 e. The van der Waals surface area contributed by atoms with E-state index >= 15 is 0 Å². The second-order valence-corrected chi connectivity index (χ2v) is 14.1.